The van der Waals surface area contributed by atoms with Crippen molar-refractivity contribution in [3.8, 4) is 17.0 Å². The number of aromatic nitrogens is 5. The van der Waals surface area contributed by atoms with Crippen LogP contribution in [0, 0.1) is 11.6 Å². The molecule has 5 rings (SSSR count). The van der Waals surface area contributed by atoms with Crippen LogP contribution in [-0.2, 0) is 6.50 Å². The number of benzene rings is 1. The standard InChI is InChI=1S/C25H26F4N8O2/c1-39-19-7-15(26)14(6-16(19)27)17-5-13(9-37-12-35-20-23(30)33-11-34-24(20)37)18(8-32-17)36-4-2-3-25(31,10-36)21(38)22(28)29/h5-8,11-12,21-22,38H,2-4,9-10,31H2,1H3,(H2,30,33,34)/t21-,25+/m0/s1/i1D3,9D2. The van der Waals surface area contributed by atoms with Crippen LogP contribution < -0.4 is 21.1 Å². The van der Waals surface area contributed by atoms with E-state index in [1.807, 2.05) is 0 Å². The van der Waals surface area contributed by atoms with Crippen LogP contribution in [0.5, 0.6) is 5.75 Å². The van der Waals surface area contributed by atoms with Gasteiger partial charge in [-0.1, -0.05) is 0 Å². The minimum atomic E-state index is -3.14. The van der Waals surface area contributed by atoms with E-state index in [2.05, 4.69) is 24.7 Å². The summed E-state index contributed by atoms with van der Waals surface area (Å²) in [4.78, 5) is 17.7. The third-order valence-corrected chi connectivity index (χ3v) is 6.62. The van der Waals surface area contributed by atoms with Gasteiger partial charge < -0.3 is 30.8 Å². The van der Waals surface area contributed by atoms with Crippen molar-refractivity contribution >= 4 is 22.7 Å². The van der Waals surface area contributed by atoms with E-state index in [1.54, 1.807) is 0 Å². The fraction of sp³-hybridized carbons (Fsp3) is 0.360. The summed E-state index contributed by atoms with van der Waals surface area (Å²) >= 11 is 0. The number of aliphatic hydroxyl groups is 1. The normalized spacial score (nSPS) is 21.2. The molecule has 0 radical (unpaired) electrons. The van der Waals surface area contributed by atoms with Crippen molar-refractivity contribution in [2.75, 3.05) is 30.8 Å². The molecule has 1 aliphatic rings. The van der Waals surface area contributed by atoms with Gasteiger partial charge in [0.25, 0.3) is 6.43 Å². The first-order chi connectivity index (χ1) is 20.5. The molecule has 5 N–H and O–H groups in total. The number of alkyl halides is 2. The smallest absolute Gasteiger partial charge is 0.265 e. The number of halogens is 4. The largest absolute Gasteiger partial charge is 0.494 e. The molecule has 4 aromatic rings. The Labute approximate surface area is 227 Å². The number of nitrogen functional groups attached to an aromatic ring is 1. The maximum Gasteiger partial charge on any atom is 0.265 e. The molecular formula is C25H26F4N8O2. The predicted octanol–water partition coefficient (Wildman–Crippen LogP) is 2.73. The second-order valence-corrected chi connectivity index (χ2v) is 9.15. The summed E-state index contributed by atoms with van der Waals surface area (Å²) in [6, 6.07) is 2.32. The molecule has 14 heteroatoms. The second-order valence-electron chi connectivity index (χ2n) is 9.15. The van der Waals surface area contributed by atoms with Crippen molar-refractivity contribution in [2.24, 2.45) is 5.73 Å². The van der Waals surface area contributed by atoms with E-state index >= 15 is 4.39 Å². The van der Waals surface area contributed by atoms with E-state index in [1.165, 1.54) is 4.90 Å². The average molecular weight is 552 g/mol. The highest BCUT2D eigenvalue weighted by Crippen LogP contribution is 2.34. The number of imidazole rings is 1. The summed E-state index contributed by atoms with van der Waals surface area (Å²) in [7, 11) is -3.05. The van der Waals surface area contributed by atoms with Gasteiger partial charge in [-0.05, 0) is 30.5 Å². The Morgan fingerprint density at radius 2 is 2.03 bits per heavy atom. The van der Waals surface area contributed by atoms with Crippen LogP contribution in [0.3, 0.4) is 0 Å². The summed E-state index contributed by atoms with van der Waals surface area (Å²) < 4.78 is 102. The number of methoxy groups -OCH3 is 1. The van der Waals surface area contributed by atoms with Gasteiger partial charge in [-0.3, -0.25) is 4.98 Å². The summed E-state index contributed by atoms with van der Waals surface area (Å²) in [5, 5.41) is 10.2. The van der Waals surface area contributed by atoms with Crippen molar-refractivity contribution in [3.05, 3.63) is 54.2 Å². The van der Waals surface area contributed by atoms with Crippen molar-refractivity contribution < 1.29 is 34.3 Å². The van der Waals surface area contributed by atoms with Crippen LogP contribution in [0.4, 0.5) is 29.1 Å². The molecule has 4 heterocycles. The lowest BCUT2D eigenvalue weighted by Gasteiger charge is -2.44. The topological polar surface area (TPSA) is 141 Å². The van der Waals surface area contributed by atoms with E-state index in [0.717, 1.165) is 29.5 Å². The van der Waals surface area contributed by atoms with Gasteiger partial charge in [0.15, 0.2) is 23.0 Å². The van der Waals surface area contributed by atoms with Crippen LogP contribution in [0.15, 0.2) is 37.1 Å². The predicted molar refractivity (Wildman–Crippen MR) is 135 cm³/mol. The van der Waals surface area contributed by atoms with Crippen LogP contribution in [0.25, 0.3) is 22.4 Å². The Balaban J connectivity index is 1.67. The molecule has 0 spiro atoms. The monoisotopic (exact) mass is 551 g/mol. The summed E-state index contributed by atoms with van der Waals surface area (Å²) in [5.41, 5.74) is 9.56. The quantitative estimate of drug-likeness (QED) is 0.296. The minimum absolute atomic E-state index is 0.00450. The molecule has 1 aliphatic heterocycles. The van der Waals surface area contributed by atoms with Crippen LogP contribution in [0.1, 0.15) is 25.3 Å². The third-order valence-electron chi connectivity index (χ3n) is 6.62. The van der Waals surface area contributed by atoms with Crippen molar-refractivity contribution in [1.29, 1.82) is 0 Å². The van der Waals surface area contributed by atoms with Gasteiger partial charge in [-0.2, -0.15) is 0 Å². The molecule has 0 saturated carbocycles. The lowest BCUT2D eigenvalue weighted by Crippen LogP contribution is -2.63. The zero-order chi connectivity index (χ0) is 32.2. The average Bonchev–Trinajstić information content (AvgIpc) is 3.40. The first-order valence-corrected chi connectivity index (χ1v) is 11.6. The van der Waals surface area contributed by atoms with E-state index in [9.17, 15) is 18.3 Å². The van der Waals surface area contributed by atoms with E-state index in [-0.39, 0.29) is 59.9 Å². The molecule has 0 bridgehead atoms. The van der Waals surface area contributed by atoms with Crippen LogP contribution >= 0.6 is 0 Å². The Morgan fingerprint density at radius 3 is 2.79 bits per heavy atom. The first kappa shape index (κ1) is 20.9. The fourth-order valence-corrected chi connectivity index (χ4v) is 4.62. The Bertz CT molecular complexity index is 1710. The minimum Gasteiger partial charge on any atom is -0.494 e. The van der Waals surface area contributed by atoms with Crippen molar-refractivity contribution in [1.82, 2.24) is 24.5 Å². The van der Waals surface area contributed by atoms with Gasteiger partial charge in [-0.15, -0.1) is 0 Å². The maximum absolute atomic E-state index is 15.2. The van der Waals surface area contributed by atoms with E-state index < -0.39 is 54.6 Å². The molecule has 0 amide bonds. The molecule has 0 unspecified atom stereocenters. The Kier molecular flexibility index (Phi) is 5.49. The lowest BCUT2D eigenvalue weighted by atomic mass is 9.84. The van der Waals surface area contributed by atoms with Crippen molar-refractivity contribution in [3.63, 3.8) is 0 Å². The number of pyridine rings is 1. The highest BCUT2D eigenvalue weighted by atomic mass is 19.3. The Morgan fingerprint density at radius 1 is 1.21 bits per heavy atom. The van der Waals surface area contributed by atoms with Gasteiger partial charge in [0, 0.05) is 24.7 Å². The lowest BCUT2D eigenvalue weighted by molar-refractivity contribution is -0.0529. The molecular weight excluding hydrogens is 520 g/mol. The summed E-state index contributed by atoms with van der Waals surface area (Å²) in [6.07, 6.45) is -1.63. The number of fused-ring (bicyclic) bond motifs is 1. The molecule has 1 saturated heterocycles. The highest BCUT2D eigenvalue weighted by Gasteiger charge is 2.43. The number of ether oxygens (including phenoxy) is 1. The summed E-state index contributed by atoms with van der Waals surface area (Å²) in [5.74, 6) is -3.23. The van der Waals surface area contributed by atoms with Crippen LogP contribution in [-0.4, -0.2) is 67.8 Å². The number of nitrogens with two attached hydrogens (primary N) is 2. The number of hydrogen-bond donors (Lipinski definition) is 3. The number of rotatable bonds is 7. The maximum atomic E-state index is 15.2. The number of piperidine rings is 1. The Hall–Kier alpha value is -4.04. The van der Waals surface area contributed by atoms with Crippen molar-refractivity contribution in [2.45, 2.75) is 37.4 Å². The fourth-order valence-electron chi connectivity index (χ4n) is 4.62. The molecule has 3 aromatic heterocycles. The van der Waals surface area contributed by atoms with Crippen LogP contribution in [0.2, 0.25) is 0 Å². The van der Waals surface area contributed by atoms with Gasteiger partial charge >= 0.3 is 0 Å². The molecule has 39 heavy (non-hydrogen) atoms. The molecule has 10 nitrogen and oxygen atoms in total. The number of anilines is 2. The molecule has 2 atom stereocenters. The number of nitrogens with zero attached hydrogens (tertiary/aromatic N) is 6. The summed E-state index contributed by atoms with van der Waals surface area (Å²) in [6.45, 7) is -2.66. The second kappa shape index (κ2) is 10.3. The van der Waals surface area contributed by atoms with E-state index in [4.69, 9.17) is 18.3 Å². The molecule has 1 fully saturated rings. The SMILES string of the molecule is [2H]C([2H])([2H])Oc1cc(F)c(-c2cc(C([2H])([2H])n3cnc4c(N)ncnc43)c(N3CCC[C@](N)([C@@H](O)C(F)F)C3)cn2)cc1F. The first-order valence-electron chi connectivity index (χ1n) is 14.1. The third kappa shape index (κ3) is 4.92. The van der Waals surface area contributed by atoms with E-state index in [0.29, 0.717) is 12.1 Å². The number of hydrogen-bond acceptors (Lipinski definition) is 9. The van der Waals surface area contributed by atoms with Gasteiger partial charge in [0.1, 0.15) is 23.8 Å². The molecule has 1 aromatic carbocycles. The number of aliphatic hydroxyl groups excluding tert-OH is 1. The van der Waals surface area contributed by atoms with Gasteiger partial charge in [0.2, 0.25) is 0 Å². The molecule has 0 aliphatic carbocycles. The molecule has 206 valence electrons. The zero-order valence-electron chi connectivity index (χ0n) is 25.2. The zero-order valence-corrected chi connectivity index (χ0v) is 20.2. The van der Waals surface area contributed by atoms with Gasteiger partial charge in [0.05, 0.1) is 49.8 Å². The van der Waals surface area contributed by atoms with Gasteiger partial charge in [-0.25, -0.2) is 32.5 Å². The highest BCUT2D eigenvalue weighted by molar-refractivity contribution is 5.81.